The summed E-state index contributed by atoms with van der Waals surface area (Å²) >= 11 is 1.46. The summed E-state index contributed by atoms with van der Waals surface area (Å²) in [6.07, 6.45) is -2.00. The van der Waals surface area contributed by atoms with Crippen LogP contribution in [0.4, 0.5) is 20.3 Å². The molecule has 0 radical (unpaired) electrons. The lowest BCUT2D eigenvalue weighted by Crippen LogP contribution is -2.04. The van der Waals surface area contributed by atoms with Gasteiger partial charge in [0.1, 0.15) is 15.6 Å². The number of nitrogens with two attached hydrogens (primary N) is 1. The summed E-state index contributed by atoms with van der Waals surface area (Å²) in [4.78, 5) is 12.9. The molecule has 76 valence electrons. The molecule has 0 aromatic carbocycles. The van der Waals surface area contributed by atoms with E-state index in [1.54, 1.807) is 0 Å². The van der Waals surface area contributed by atoms with Crippen LogP contribution in [0, 0.1) is 13.7 Å². The van der Waals surface area contributed by atoms with Crippen LogP contribution >= 0.6 is 22.6 Å². The van der Waals surface area contributed by atoms with E-state index in [1.165, 1.54) is 22.6 Å². The minimum Gasteiger partial charge on any atom is -0.383 e. The van der Waals surface area contributed by atoms with E-state index < -0.39 is 22.6 Å². The second kappa shape index (κ2) is 3.98. The lowest BCUT2D eigenvalue weighted by molar-refractivity contribution is -0.386. The average Bonchev–Trinajstić information content (AvgIpc) is 2.02. The van der Waals surface area contributed by atoms with Gasteiger partial charge in [0.2, 0.25) is 0 Å². The van der Waals surface area contributed by atoms with Gasteiger partial charge >= 0.3 is 5.69 Å². The predicted octanol–water partition coefficient (Wildman–Crippen LogP) is 2.11. The summed E-state index contributed by atoms with van der Waals surface area (Å²) in [6.45, 7) is 0. The molecular formula is C6H4F2IN3O2. The maximum Gasteiger partial charge on any atom is 0.301 e. The number of hydrogen-bond donors (Lipinski definition) is 1. The predicted molar refractivity (Wildman–Crippen MR) is 53.0 cm³/mol. The highest BCUT2D eigenvalue weighted by molar-refractivity contribution is 14.1. The number of alkyl halides is 2. The first kappa shape index (κ1) is 11.0. The molecule has 0 aliphatic rings. The molecule has 0 saturated heterocycles. The van der Waals surface area contributed by atoms with Crippen LogP contribution in [0.25, 0.3) is 0 Å². The maximum atomic E-state index is 12.4. The number of rotatable bonds is 2. The SMILES string of the molecule is Nc1ncc([N+](=O)[O-])c(I)c1C(F)F. The smallest absolute Gasteiger partial charge is 0.301 e. The van der Waals surface area contributed by atoms with Crippen LogP contribution in [-0.4, -0.2) is 9.91 Å². The molecule has 0 aliphatic carbocycles. The number of halogens is 3. The number of aromatic nitrogens is 1. The van der Waals surface area contributed by atoms with Crippen LogP contribution in [0.1, 0.15) is 12.0 Å². The second-order valence-electron chi connectivity index (χ2n) is 2.31. The summed E-state index contributed by atoms with van der Waals surface area (Å²) < 4.78 is 24.6. The van der Waals surface area contributed by atoms with Crippen LogP contribution in [-0.2, 0) is 0 Å². The van der Waals surface area contributed by atoms with Crippen molar-refractivity contribution in [3.05, 3.63) is 25.4 Å². The van der Waals surface area contributed by atoms with Gasteiger partial charge in [0.05, 0.1) is 10.5 Å². The van der Waals surface area contributed by atoms with Crippen molar-refractivity contribution >= 4 is 34.1 Å². The van der Waals surface area contributed by atoms with E-state index in [-0.39, 0.29) is 9.39 Å². The molecule has 0 bridgehead atoms. The van der Waals surface area contributed by atoms with Gasteiger partial charge in [-0.1, -0.05) is 0 Å². The number of anilines is 1. The third-order valence-electron chi connectivity index (χ3n) is 1.48. The molecule has 1 aromatic rings. The van der Waals surface area contributed by atoms with Crippen molar-refractivity contribution < 1.29 is 13.7 Å². The van der Waals surface area contributed by atoms with E-state index in [1.807, 2.05) is 0 Å². The Kier molecular flexibility index (Phi) is 3.13. The van der Waals surface area contributed by atoms with Crippen molar-refractivity contribution in [3.8, 4) is 0 Å². The molecule has 5 nitrogen and oxygen atoms in total. The normalized spacial score (nSPS) is 10.6. The van der Waals surface area contributed by atoms with Gasteiger partial charge in [0.25, 0.3) is 6.43 Å². The summed E-state index contributed by atoms with van der Waals surface area (Å²) in [7, 11) is 0. The largest absolute Gasteiger partial charge is 0.383 e. The van der Waals surface area contributed by atoms with Crippen molar-refractivity contribution in [2.75, 3.05) is 5.73 Å². The average molecular weight is 315 g/mol. The van der Waals surface area contributed by atoms with E-state index in [0.717, 1.165) is 6.20 Å². The first-order valence-corrected chi connectivity index (χ1v) is 4.39. The van der Waals surface area contributed by atoms with E-state index in [4.69, 9.17) is 5.73 Å². The number of pyridine rings is 1. The first-order valence-electron chi connectivity index (χ1n) is 3.31. The van der Waals surface area contributed by atoms with Gasteiger partial charge in [-0.25, -0.2) is 13.8 Å². The number of nitrogens with zero attached hydrogens (tertiary/aromatic N) is 2. The Hall–Kier alpha value is -1.06. The van der Waals surface area contributed by atoms with Crippen molar-refractivity contribution in [1.82, 2.24) is 4.98 Å². The number of nitro groups is 1. The molecule has 14 heavy (non-hydrogen) atoms. The van der Waals surface area contributed by atoms with Crippen LogP contribution in [0.3, 0.4) is 0 Å². The monoisotopic (exact) mass is 315 g/mol. The van der Waals surface area contributed by atoms with Crippen molar-refractivity contribution in [2.24, 2.45) is 0 Å². The molecule has 8 heteroatoms. The Morgan fingerprint density at radius 2 is 2.21 bits per heavy atom. The summed E-state index contributed by atoms with van der Waals surface area (Å²) in [5.74, 6) is -0.380. The lowest BCUT2D eigenvalue weighted by Gasteiger charge is -2.05. The van der Waals surface area contributed by atoms with Gasteiger partial charge in [-0.2, -0.15) is 0 Å². The van der Waals surface area contributed by atoms with Gasteiger partial charge in [-0.05, 0) is 22.6 Å². The fourth-order valence-corrected chi connectivity index (χ4v) is 1.69. The summed E-state index contributed by atoms with van der Waals surface area (Å²) in [6, 6.07) is 0. The highest BCUT2D eigenvalue weighted by Gasteiger charge is 2.24. The van der Waals surface area contributed by atoms with Gasteiger partial charge in [-0.15, -0.1) is 0 Å². The fourth-order valence-electron chi connectivity index (χ4n) is 0.842. The molecule has 0 spiro atoms. The van der Waals surface area contributed by atoms with Crippen LogP contribution in [0.5, 0.6) is 0 Å². The summed E-state index contributed by atoms with van der Waals surface area (Å²) in [5.41, 5.74) is 4.13. The second-order valence-corrected chi connectivity index (χ2v) is 3.39. The Morgan fingerprint density at radius 3 is 2.64 bits per heavy atom. The molecule has 1 rings (SSSR count). The first-order chi connectivity index (χ1) is 6.45. The lowest BCUT2D eigenvalue weighted by atomic mass is 10.2. The molecule has 0 unspecified atom stereocenters. The summed E-state index contributed by atoms with van der Waals surface area (Å²) in [5, 5.41) is 10.4. The zero-order chi connectivity index (χ0) is 10.9. The molecule has 0 fully saturated rings. The van der Waals surface area contributed by atoms with Crippen molar-refractivity contribution in [1.29, 1.82) is 0 Å². The maximum absolute atomic E-state index is 12.4. The van der Waals surface area contributed by atoms with E-state index in [2.05, 4.69) is 4.98 Å². The highest BCUT2D eigenvalue weighted by atomic mass is 127. The zero-order valence-corrected chi connectivity index (χ0v) is 8.73. The molecular weight excluding hydrogens is 311 g/mol. The topological polar surface area (TPSA) is 82.0 Å². The van der Waals surface area contributed by atoms with Crippen LogP contribution < -0.4 is 5.73 Å². The molecule has 0 aliphatic heterocycles. The molecule has 2 N–H and O–H groups in total. The molecule has 0 saturated carbocycles. The third-order valence-corrected chi connectivity index (χ3v) is 2.61. The highest BCUT2D eigenvalue weighted by Crippen LogP contribution is 2.33. The van der Waals surface area contributed by atoms with Gasteiger partial charge < -0.3 is 5.73 Å². The van der Waals surface area contributed by atoms with Crippen LogP contribution in [0.2, 0.25) is 0 Å². The standard InChI is InChI=1S/C6H4F2IN3O2/c7-5(8)3-4(9)2(12(13)14)1-11-6(3)10/h1,5H,(H2,10,11). The number of hydrogen-bond acceptors (Lipinski definition) is 4. The van der Waals surface area contributed by atoms with Gasteiger partial charge in [0.15, 0.2) is 0 Å². The fraction of sp³-hybridized carbons (Fsp3) is 0.167. The quantitative estimate of drug-likeness (QED) is 0.515. The number of nitrogen functional groups attached to an aromatic ring is 1. The van der Waals surface area contributed by atoms with E-state index >= 15 is 0 Å². The van der Waals surface area contributed by atoms with E-state index in [0.29, 0.717) is 0 Å². The van der Waals surface area contributed by atoms with Gasteiger partial charge in [-0.3, -0.25) is 10.1 Å². The van der Waals surface area contributed by atoms with Gasteiger partial charge in [0, 0.05) is 0 Å². The Labute approximate surface area is 90.6 Å². The minimum absolute atomic E-state index is 0.171. The van der Waals surface area contributed by atoms with Crippen molar-refractivity contribution in [2.45, 2.75) is 6.43 Å². The molecule has 1 heterocycles. The Bertz CT molecular complexity index is 386. The Balaban J connectivity index is 3.41. The molecule has 0 amide bonds. The van der Waals surface area contributed by atoms with E-state index in [9.17, 15) is 18.9 Å². The third kappa shape index (κ3) is 1.89. The molecule has 1 aromatic heterocycles. The zero-order valence-electron chi connectivity index (χ0n) is 6.58. The van der Waals surface area contributed by atoms with Crippen LogP contribution in [0.15, 0.2) is 6.20 Å². The minimum atomic E-state index is -2.87. The van der Waals surface area contributed by atoms with Crippen molar-refractivity contribution in [3.63, 3.8) is 0 Å². The molecule has 0 atom stereocenters. The Morgan fingerprint density at radius 1 is 1.64 bits per heavy atom.